The Morgan fingerprint density at radius 3 is 2.72 bits per heavy atom. The van der Waals surface area contributed by atoms with Crippen molar-refractivity contribution in [2.75, 3.05) is 52.5 Å². The van der Waals surface area contributed by atoms with Crippen molar-refractivity contribution in [1.29, 1.82) is 0 Å². The summed E-state index contributed by atoms with van der Waals surface area (Å²) in [5.41, 5.74) is 2.04. The molecule has 1 saturated heterocycles. The van der Waals surface area contributed by atoms with Crippen molar-refractivity contribution in [3.05, 3.63) is 30.6 Å². The van der Waals surface area contributed by atoms with Crippen molar-refractivity contribution in [3.8, 4) is 0 Å². The largest absolute Gasteiger partial charge is 0.394 e. The molecule has 136 valence electrons. The third-order valence-electron chi connectivity index (χ3n) is 4.61. The first-order chi connectivity index (χ1) is 12.3. The van der Waals surface area contributed by atoms with Crippen molar-refractivity contribution in [1.82, 2.24) is 19.4 Å². The van der Waals surface area contributed by atoms with Gasteiger partial charge in [0.1, 0.15) is 0 Å². The highest BCUT2D eigenvalue weighted by molar-refractivity contribution is 5.77. The van der Waals surface area contributed by atoms with Gasteiger partial charge < -0.3 is 19.3 Å². The van der Waals surface area contributed by atoms with E-state index in [1.54, 1.807) is 0 Å². The summed E-state index contributed by atoms with van der Waals surface area (Å²) >= 11 is 0. The maximum absolute atomic E-state index is 12.5. The van der Waals surface area contributed by atoms with Crippen LogP contribution in [0.2, 0.25) is 0 Å². The van der Waals surface area contributed by atoms with E-state index in [1.807, 2.05) is 40.1 Å². The molecule has 1 fully saturated rings. The lowest BCUT2D eigenvalue weighted by Gasteiger charge is -2.34. The molecule has 0 saturated carbocycles. The van der Waals surface area contributed by atoms with E-state index in [-0.39, 0.29) is 12.5 Å². The Labute approximate surface area is 147 Å². The number of carbonyl (C=O) groups is 1. The Morgan fingerprint density at radius 1 is 1.12 bits per heavy atom. The first-order valence-corrected chi connectivity index (χ1v) is 8.86. The van der Waals surface area contributed by atoms with Crippen LogP contribution in [0.4, 0.5) is 0 Å². The molecule has 0 radical (unpaired) electrons. The van der Waals surface area contributed by atoms with Crippen molar-refractivity contribution >= 4 is 16.9 Å². The fraction of sp³-hybridized carbons (Fsp3) is 0.556. The zero-order valence-corrected chi connectivity index (χ0v) is 14.5. The molecule has 2 aromatic rings. The molecule has 0 aliphatic carbocycles. The average Bonchev–Trinajstić information content (AvgIpc) is 3.07. The monoisotopic (exact) mass is 346 g/mol. The molecule has 1 aromatic carbocycles. The summed E-state index contributed by atoms with van der Waals surface area (Å²) in [6, 6.07) is 7.98. The summed E-state index contributed by atoms with van der Waals surface area (Å²) in [6.45, 7) is 5.88. The van der Waals surface area contributed by atoms with Crippen LogP contribution >= 0.6 is 0 Å². The molecule has 1 aliphatic rings. The Hall–Kier alpha value is -1.96. The van der Waals surface area contributed by atoms with Crippen LogP contribution in [0.1, 0.15) is 6.42 Å². The fourth-order valence-corrected chi connectivity index (χ4v) is 3.14. The molecule has 25 heavy (non-hydrogen) atoms. The van der Waals surface area contributed by atoms with E-state index in [0.29, 0.717) is 26.2 Å². The van der Waals surface area contributed by atoms with Crippen LogP contribution in [0.3, 0.4) is 0 Å². The molecule has 0 atom stereocenters. The fourth-order valence-electron chi connectivity index (χ4n) is 3.14. The maximum Gasteiger partial charge on any atom is 0.224 e. The molecule has 1 amide bonds. The van der Waals surface area contributed by atoms with Crippen molar-refractivity contribution < 1.29 is 14.6 Å². The first-order valence-electron chi connectivity index (χ1n) is 8.86. The van der Waals surface area contributed by atoms with E-state index in [4.69, 9.17) is 9.84 Å². The maximum atomic E-state index is 12.5. The molecule has 1 aliphatic heterocycles. The lowest BCUT2D eigenvalue weighted by molar-refractivity contribution is -0.133. The number of aliphatic hydroxyl groups excluding tert-OH is 1. The lowest BCUT2D eigenvalue weighted by Crippen LogP contribution is -2.49. The summed E-state index contributed by atoms with van der Waals surface area (Å²) in [5.74, 6) is 0.203. The van der Waals surface area contributed by atoms with Crippen molar-refractivity contribution in [2.45, 2.75) is 13.0 Å². The third-order valence-corrected chi connectivity index (χ3v) is 4.61. The first kappa shape index (κ1) is 17.8. The van der Waals surface area contributed by atoms with Crippen LogP contribution < -0.4 is 0 Å². The number of benzene rings is 1. The lowest BCUT2D eigenvalue weighted by atomic mass is 10.2. The summed E-state index contributed by atoms with van der Waals surface area (Å²) in [6.07, 6.45) is 2.31. The Bertz CT molecular complexity index is 680. The van der Waals surface area contributed by atoms with Crippen molar-refractivity contribution in [3.63, 3.8) is 0 Å². The van der Waals surface area contributed by atoms with Crippen LogP contribution in [0.25, 0.3) is 11.0 Å². The number of hydrogen-bond donors (Lipinski definition) is 1. The normalized spacial score (nSPS) is 15.8. The number of nitrogens with zero attached hydrogens (tertiary/aromatic N) is 4. The molecule has 3 rings (SSSR count). The van der Waals surface area contributed by atoms with Gasteiger partial charge in [0.2, 0.25) is 5.91 Å². The molecule has 0 spiro atoms. The highest BCUT2D eigenvalue weighted by atomic mass is 16.5. The van der Waals surface area contributed by atoms with Crippen LogP contribution in [-0.4, -0.2) is 82.9 Å². The Morgan fingerprint density at radius 2 is 1.92 bits per heavy atom. The zero-order valence-electron chi connectivity index (χ0n) is 14.5. The number of fused-ring (bicyclic) bond motifs is 1. The van der Waals surface area contributed by atoms with E-state index >= 15 is 0 Å². The minimum absolute atomic E-state index is 0.0640. The number of aryl methyl sites for hydroxylation is 1. The summed E-state index contributed by atoms with van der Waals surface area (Å²) in [5, 5.41) is 8.69. The van der Waals surface area contributed by atoms with E-state index < -0.39 is 0 Å². The number of hydrogen-bond acceptors (Lipinski definition) is 5. The highest BCUT2D eigenvalue weighted by Gasteiger charge is 2.20. The predicted octanol–water partition coefficient (Wildman–Crippen LogP) is 0.579. The second kappa shape index (κ2) is 8.94. The minimum Gasteiger partial charge on any atom is -0.394 e. The van der Waals surface area contributed by atoms with Crippen LogP contribution in [-0.2, 0) is 16.1 Å². The van der Waals surface area contributed by atoms with Gasteiger partial charge in [0.05, 0.1) is 37.2 Å². The average molecular weight is 346 g/mol. The smallest absolute Gasteiger partial charge is 0.224 e. The molecule has 2 heterocycles. The molecule has 0 bridgehead atoms. The number of carbonyl (C=O) groups excluding carboxylic acids is 1. The van der Waals surface area contributed by atoms with Gasteiger partial charge in [0.25, 0.3) is 0 Å². The van der Waals surface area contributed by atoms with Gasteiger partial charge in [-0.3, -0.25) is 9.69 Å². The third kappa shape index (κ3) is 4.78. The second-order valence-electron chi connectivity index (χ2n) is 6.24. The number of rotatable bonds is 8. The Kier molecular flexibility index (Phi) is 6.38. The number of ether oxygens (including phenoxy) is 1. The number of piperazine rings is 1. The number of imidazole rings is 1. The summed E-state index contributed by atoms with van der Waals surface area (Å²) in [7, 11) is 0. The number of aliphatic hydroxyl groups is 1. The van der Waals surface area contributed by atoms with Gasteiger partial charge in [-0.15, -0.1) is 0 Å². The SMILES string of the molecule is O=C(CCn1cnc2ccccc21)N1CCN(CCOCCO)CC1. The molecule has 1 aromatic heterocycles. The van der Waals surface area contributed by atoms with E-state index in [1.165, 1.54) is 0 Å². The van der Waals surface area contributed by atoms with Gasteiger partial charge in [-0.05, 0) is 12.1 Å². The topological polar surface area (TPSA) is 70.8 Å². The van der Waals surface area contributed by atoms with Crippen molar-refractivity contribution in [2.24, 2.45) is 0 Å². The molecule has 1 N–H and O–H groups in total. The molecule has 0 unspecified atom stereocenters. The van der Waals surface area contributed by atoms with Crippen LogP contribution in [0.15, 0.2) is 30.6 Å². The second-order valence-corrected chi connectivity index (χ2v) is 6.24. The molecular formula is C18H26N4O3. The van der Waals surface area contributed by atoms with Gasteiger partial charge in [0, 0.05) is 45.7 Å². The predicted molar refractivity (Wildman–Crippen MR) is 95.3 cm³/mol. The van der Waals surface area contributed by atoms with Gasteiger partial charge >= 0.3 is 0 Å². The van der Waals surface area contributed by atoms with E-state index in [9.17, 15) is 4.79 Å². The van der Waals surface area contributed by atoms with Gasteiger partial charge in [-0.25, -0.2) is 4.98 Å². The van der Waals surface area contributed by atoms with Gasteiger partial charge in [-0.1, -0.05) is 12.1 Å². The van der Waals surface area contributed by atoms with Gasteiger partial charge in [-0.2, -0.15) is 0 Å². The molecule has 7 nitrogen and oxygen atoms in total. The minimum atomic E-state index is 0.0640. The number of amides is 1. The summed E-state index contributed by atoms with van der Waals surface area (Å²) < 4.78 is 7.34. The summed E-state index contributed by atoms with van der Waals surface area (Å²) in [4.78, 5) is 21.1. The highest BCUT2D eigenvalue weighted by Crippen LogP contribution is 2.13. The Balaban J connectivity index is 1.41. The number of para-hydroxylation sites is 2. The van der Waals surface area contributed by atoms with Gasteiger partial charge in [0.15, 0.2) is 0 Å². The number of aromatic nitrogens is 2. The van der Waals surface area contributed by atoms with Crippen LogP contribution in [0, 0.1) is 0 Å². The van der Waals surface area contributed by atoms with Crippen LogP contribution in [0.5, 0.6) is 0 Å². The standard InChI is InChI=1S/C18H26N4O3/c23-12-14-25-13-11-20-7-9-21(10-8-20)18(24)5-6-22-15-19-16-3-1-2-4-17(16)22/h1-4,15,23H,5-14H2. The quantitative estimate of drug-likeness (QED) is 0.708. The molecule has 7 heteroatoms. The van der Waals surface area contributed by atoms with E-state index in [0.717, 1.165) is 43.8 Å². The van der Waals surface area contributed by atoms with E-state index in [2.05, 4.69) is 9.88 Å². The molecular weight excluding hydrogens is 320 g/mol. The zero-order chi connectivity index (χ0) is 17.5.